The van der Waals surface area contributed by atoms with Crippen LogP contribution in [0.1, 0.15) is 23.1 Å². The summed E-state index contributed by atoms with van der Waals surface area (Å²) in [6.07, 6.45) is -6.31. The molecule has 2 aromatic carbocycles. The van der Waals surface area contributed by atoms with Crippen molar-refractivity contribution >= 4 is 10.9 Å². The Balaban J connectivity index is 2.00. The normalized spacial score (nSPS) is 13.2. The monoisotopic (exact) mass is 322 g/mol. The second-order valence-electron chi connectivity index (χ2n) is 4.95. The first-order valence-corrected chi connectivity index (χ1v) is 6.66. The average molecular weight is 322 g/mol. The minimum Gasteiger partial charge on any atom is -0.307 e. The van der Waals surface area contributed by atoms with E-state index in [0.717, 1.165) is 24.3 Å². The zero-order valence-corrected chi connectivity index (χ0v) is 11.6. The topological polar surface area (TPSA) is 45.8 Å². The highest BCUT2D eigenvalue weighted by Gasteiger charge is 2.30. The molecule has 1 heterocycles. The van der Waals surface area contributed by atoms with Crippen LogP contribution in [-0.2, 0) is 6.18 Å². The molecule has 0 aliphatic heterocycles. The summed E-state index contributed by atoms with van der Waals surface area (Å²) < 4.78 is 52.0. The molecular formula is C16H10F4N2O. The van der Waals surface area contributed by atoms with Crippen molar-refractivity contribution in [3.63, 3.8) is 0 Å². The summed E-state index contributed by atoms with van der Waals surface area (Å²) in [4.78, 5) is 18.3. The van der Waals surface area contributed by atoms with Crippen molar-refractivity contribution in [2.24, 2.45) is 0 Å². The van der Waals surface area contributed by atoms with E-state index < -0.39 is 23.5 Å². The summed E-state index contributed by atoms with van der Waals surface area (Å²) in [5.74, 6) is -0.242. The van der Waals surface area contributed by atoms with Crippen LogP contribution in [0.25, 0.3) is 10.9 Å². The lowest BCUT2D eigenvalue weighted by atomic mass is 10.1. The molecule has 3 nitrogen and oxygen atoms in total. The molecule has 0 bridgehead atoms. The SMILES string of the molecule is O=c1[nH]c([C@H](F)c2ccc(C(F)(F)F)cc2)nc2ccccc12. The number of nitrogens with one attached hydrogen (secondary N) is 1. The van der Waals surface area contributed by atoms with Gasteiger partial charge in [0, 0.05) is 0 Å². The van der Waals surface area contributed by atoms with Gasteiger partial charge in [0.2, 0.25) is 0 Å². The number of H-pyrrole nitrogens is 1. The summed E-state index contributed by atoms with van der Waals surface area (Å²) in [5.41, 5.74) is -1.06. The summed E-state index contributed by atoms with van der Waals surface area (Å²) in [6, 6.07) is 10.1. The Morgan fingerprint density at radius 3 is 2.30 bits per heavy atom. The van der Waals surface area contributed by atoms with Crippen LogP contribution < -0.4 is 5.56 Å². The van der Waals surface area contributed by atoms with E-state index in [1.807, 2.05) is 0 Å². The molecule has 1 N–H and O–H groups in total. The van der Waals surface area contributed by atoms with Crippen LogP contribution in [0.4, 0.5) is 17.6 Å². The second-order valence-corrected chi connectivity index (χ2v) is 4.95. The minimum absolute atomic E-state index is 0.0172. The summed E-state index contributed by atoms with van der Waals surface area (Å²) in [7, 11) is 0. The van der Waals surface area contributed by atoms with Gasteiger partial charge in [-0.2, -0.15) is 13.2 Å². The van der Waals surface area contributed by atoms with Gasteiger partial charge in [0.1, 0.15) is 5.82 Å². The lowest BCUT2D eigenvalue weighted by Crippen LogP contribution is -2.14. The van der Waals surface area contributed by atoms with Gasteiger partial charge in [-0.3, -0.25) is 4.79 Å². The summed E-state index contributed by atoms with van der Waals surface area (Å²) in [5, 5.41) is 0.316. The van der Waals surface area contributed by atoms with E-state index >= 15 is 0 Å². The maximum absolute atomic E-state index is 14.5. The number of benzene rings is 2. The molecule has 0 aliphatic rings. The average Bonchev–Trinajstić information content (AvgIpc) is 2.53. The van der Waals surface area contributed by atoms with Crippen molar-refractivity contribution in [1.82, 2.24) is 9.97 Å². The van der Waals surface area contributed by atoms with Crippen molar-refractivity contribution in [3.05, 3.63) is 75.8 Å². The van der Waals surface area contributed by atoms with Crippen LogP contribution >= 0.6 is 0 Å². The molecule has 0 radical (unpaired) electrons. The van der Waals surface area contributed by atoms with Crippen molar-refractivity contribution in [1.29, 1.82) is 0 Å². The molecule has 118 valence electrons. The lowest BCUT2D eigenvalue weighted by molar-refractivity contribution is -0.137. The second kappa shape index (κ2) is 5.49. The Hall–Kier alpha value is -2.70. The minimum atomic E-state index is -4.49. The number of para-hydroxylation sites is 1. The molecule has 0 amide bonds. The number of alkyl halides is 4. The Bertz CT molecular complexity index is 900. The third-order valence-corrected chi connectivity index (χ3v) is 3.40. The maximum Gasteiger partial charge on any atom is 0.416 e. The van der Waals surface area contributed by atoms with Gasteiger partial charge >= 0.3 is 6.18 Å². The van der Waals surface area contributed by atoms with Gasteiger partial charge in [-0.25, -0.2) is 9.37 Å². The fourth-order valence-corrected chi connectivity index (χ4v) is 2.22. The summed E-state index contributed by atoms with van der Waals surface area (Å²) >= 11 is 0. The van der Waals surface area contributed by atoms with Gasteiger partial charge in [0.05, 0.1) is 16.5 Å². The van der Waals surface area contributed by atoms with Crippen molar-refractivity contribution in [3.8, 4) is 0 Å². The Kier molecular flexibility index (Phi) is 3.63. The zero-order chi connectivity index (χ0) is 16.6. The lowest BCUT2D eigenvalue weighted by Gasteiger charge is -2.11. The van der Waals surface area contributed by atoms with Crippen LogP contribution in [0.15, 0.2) is 53.3 Å². The van der Waals surface area contributed by atoms with Crippen LogP contribution in [0.2, 0.25) is 0 Å². The summed E-state index contributed by atoms with van der Waals surface area (Å²) in [6.45, 7) is 0. The molecule has 0 unspecified atom stereocenters. The highest BCUT2D eigenvalue weighted by molar-refractivity contribution is 5.77. The van der Waals surface area contributed by atoms with Crippen LogP contribution in [0.5, 0.6) is 0 Å². The van der Waals surface area contributed by atoms with Gasteiger partial charge in [-0.1, -0.05) is 24.3 Å². The Morgan fingerprint density at radius 1 is 1.00 bits per heavy atom. The van der Waals surface area contributed by atoms with Crippen LogP contribution in [0.3, 0.4) is 0 Å². The molecule has 0 spiro atoms. The molecule has 7 heteroatoms. The molecule has 23 heavy (non-hydrogen) atoms. The van der Waals surface area contributed by atoms with Gasteiger partial charge in [0.25, 0.3) is 5.56 Å². The van der Waals surface area contributed by atoms with Gasteiger partial charge < -0.3 is 4.98 Å². The van der Waals surface area contributed by atoms with E-state index in [2.05, 4.69) is 9.97 Å². The first kappa shape index (κ1) is 15.2. The van der Waals surface area contributed by atoms with Crippen LogP contribution in [0, 0.1) is 0 Å². The van der Waals surface area contributed by atoms with Gasteiger partial charge in [0.15, 0.2) is 6.17 Å². The fraction of sp³-hybridized carbons (Fsp3) is 0.125. The van der Waals surface area contributed by atoms with E-state index in [1.54, 1.807) is 24.3 Å². The first-order chi connectivity index (χ1) is 10.9. The highest BCUT2D eigenvalue weighted by Crippen LogP contribution is 2.31. The molecule has 1 atom stereocenters. The van der Waals surface area contributed by atoms with E-state index in [1.165, 1.54) is 0 Å². The predicted octanol–water partition coefficient (Wildman–Crippen LogP) is 4.00. The molecule has 0 fully saturated rings. The highest BCUT2D eigenvalue weighted by atomic mass is 19.4. The van der Waals surface area contributed by atoms with E-state index in [0.29, 0.717) is 10.9 Å². The molecular weight excluding hydrogens is 312 g/mol. The molecule has 0 saturated heterocycles. The standard InChI is InChI=1S/C16H10F4N2O/c17-13(9-5-7-10(8-6-9)16(18,19)20)14-21-12-4-2-1-3-11(12)15(23)22-14/h1-8,13H,(H,21,22,23)/t13-/m1/s1. The third-order valence-electron chi connectivity index (χ3n) is 3.40. The Morgan fingerprint density at radius 2 is 1.65 bits per heavy atom. The number of halogens is 4. The van der Waals surface area contributed by atoms with Gasteiger partial charge in [-0.05, 0) is 29.8 Å². The largest absolute Gasteiger partial charge is 0.416 e. The third kappa shape index (κ3) is 2.94. The molecule has 0 saturated carbocycles. The van der Waals surface area contributed by atoms with Crippen LogP contribution in [-0.4, -0.2) is 9.97 Å². The number of hydrogen-bond donors (Lipinski definition) is 1. The van der Waals surface area contributed by atoms with E-state index in [9.17, 15) is 22.4 Å². The number of aromatic amines is 1. The Labute approximate surface area is 127 Å². The first-order valence-electron chi connectivity index (χ1n) is 6.66. The smallest absolute Gasteiger partial charge is 0.307 e. The van der Waals surface area contributed by atoms with E-state index in [-0.39, 0.29) is 11.4 Å². The van der Waals surface area contributed by atoms with Crippen molar-refractivity contribution in [2.45, 2.75) is 12.3 Å². The molecule has 0 aliphatic carbocycles. The van der Waals surface area contributed by atoms with Crippen molar-refractivity contribution in [2.75, 3.05) is 0 Å². The number of rotatable bonds is 2. The number of nitrogens with zero attached hydrogens (tertiary/aromatic N) is 1. The number of aromatic nitrogens is 2. The van der Waals surface area contributed by atoms with Crippen molar-refractivity contribution < 1.29 is 17.6 Å². The molecule has 3 aromatic rings. The van der Waals surface area contributed by atoms with E-state index in [4.69, 9.17) is 0 Å². The van der Waals surface area contributed by atoms with Gasteiger partial charge in [-0.15, -0.1) is 0 Å². The predicted molar refractivity (Wildman–Crippen MR) is 76.8 cm³/mol. The number of hydrogen-bond acceptors (Lipinski definition) is 2. The molecule has 1 aromatic heterocycles. The molecule has 3 rings (SSSR count). The quantitative estimate of drug-likeness (QED) is 0.725. The zero-order valence-electron chi connectivity index (χ0n) is 11.6. The maximum atomic E-state index is 14.5. The fourth-order valence-electron chi connectivity index (χ4n) is 2.22. The number of fused-ring (bicyclic) bond motifs is 1.